The molecule has 1 heterocycles. The third-order valence-electron chi connectivity index (χ3n) is 3.24. The van der Waals surface area contributed by atoms with Gasteiger partial charge in [0, 0.05) is 36.2 Å². The molecule has 1 aromatic carbocycles. The van der Waals surface area contributed by atoms with Crippen molar-refractivity contribution >= 4 is 51.5 Å². The van der Waals surface area contributed by atoms with Crippen LogP contribution in [-0.4, -0.2) is 35.3 Å². The van der Waals surface area contributed by atoms with Crippen molar-refractivity contribution in [3.05, 3.63) is 34.8 Å². The van der Waals surface area contributed by atoms with E-state index in [0.29, 0.717) is 22.2 Å². The second-order valence-electron chi connectivity index (χ2n) is 5.74. The van der Waals surface area contributed by atoms with E-state index in [1.807, 2.05) is 0 Å². The first-order chi connectivity index (χ1) is 13.3. The SMILES string of the molecule is CCOC(=O)Cc1csc(NC(=O)c2cc(NC(C)=O)cc(NC(C)=O)c2)n1. The fraction of sp³-hybridized carbons (Fsp3) is 0.278. The summed E-state index contributed by atoms with van der Waals surface area (Å²) in [5.74, 6) is -1.49. The first-order valence-corrected chi connectivity index (χ1v) is 9.26. The van der Waals surface area contributed by atoms with Gasteiger partial charge in [-0.2, -0.15) is 0 Å². The summed E-state index contributed by atoms with van der Waals surface area (Å²) in [6.07, 6.45) is 0.0188. The van der Waals surface area contributed by atoms with Crippen molar-refractivity contribution in [2.45, 2.75) is 27.2 Å². The average molecular weight is 404 g/mol. The number of nitrogens with zero attached hydrogens (tertiary/aromatic N) is 1. The van der Waals surface area contributed by atoms with Crippen molar-refractivity contribution < 1.29 is 23.9 Å². The van der Waals surface area contributed by atoms with Crippen molar-refractivity contribution in [2.75, 3.05) is 22.6 Å². The first-order valence-electron chi connectivity index (χ1n) is 8.38. The van der Waals surface area contributed by atoms with E-state index in [2.05, 4.69) is 20.9 Å². The molecule has 28 heavy (non-hydrogen) atoms. The van der Waals surface area contributed by atoms with Gasteiger partial charge < -0.3 is 15.4 Å². The Balaban J connectivity index is 2.16. The molecule has 0 bridgehead atoms. The number of anilines is 3. The third kappa shape index (κ3) is 6.47. The summed E-state index contributed by atoms with van der Waals surface area (Å²) in [4.78, 5) is 50.9. The van der Waals surface area contributed by atoms with Crippen molar-refractivity contribution in [3.8, 4) is 0 Å². The molecule has 2 rings (SSSR count). The third-order valence-corrected chi connectivity index (χ3v) is 4.05. The van der Waals surface area contributed by atoms with Crippen LogP contribution in [0.5, 0.6) is 0 Å². The Labute approximate surface area is 165 Å². The summed E-state index contributed by atoms with van der Waals surface area (Å²) >= 11 is 1.17. The fourth-order valence-electron chi connectivity index (χ4n) is 2.28. The Hall–Kier alpha value is -3.27. The highest BCUT2D eigenvalue weighted by Crippen LogP contribution is 2.22. The van der Waals surface area contributed by atoms with Crippen LogP contribution in [0.4, 0.5) is 16.5 Å². The minimum Gasteiger partial charge on any atom is -0.466 e. The molecule has 0 spiro atoms. The molecule has 0 aliphatic rings. The van der Waals surface area contributed by atoms with Crippen LogP contribution in [0.1, 0.15) is 36.8 Å². The molecule has 1 aromatic heterocycles. The zero-order chi connectivity index (χ0) is 20.7. The van der Waals surface area contributed by atoms with Crippen molar-refractivity contribution in [1.29, 1.82) is 0 Å². The highest BCUT2D eigenvalue weighted by molar-refractivity contribution is 7.14. The van der Waals surface area contributed by atoms with Crippen LogP contribution in [0.15, 0.2) is 23.6 Å². The van der Waals surface area contributed by atoms with Gasteiger partial charge in [-0.05, 0) is 25.1 Å². The van der Waals surface area contributed by atoms with Gasteiger partial charge in [0.05, 0.1) is 18.7 Å². The van der Waals surface area contributed by atoms with E-state index < -0.39 is 11.9 Å². The average Bonchev–Trinajstić information content (AvgIpc) is 3.00. The maximum absolute atomic E-state index is 12.6. The number of thiazole rings is 1. The molecule has 2 aromatic rings. The summed E-state index contributed by atoms with van der Waals surface area (Å²) < 4.78 is 4.86. The van der Waals surface area contributed by atoms with Gasteiger partial charge in [-0.15, -0.1) is 11.3 Å². The number of esters is 1. The molecular weight excluding hydrogens is 384 g/mol. The Morgan fingerprint density at radius 2 is 1.61 bits per heavy atom. The Bertz CT molecular complexity index is 875. The molecule has 0 aliphatic carbocycles. The topological polar surface area (TPSA) is 126 Å². The minimum atomic E-state index is -0.476. The van der Waals surface area contributed by atoms with Crippen LogP contribution in [0.3, 0.4) is 0 Å². The molecule has 0 saturated carbocycles. The highest BCUT2D eigenvalue weighted by Gasteiger charge is 2.14. The quantitative estimate of drug-likeness (QED) is 0.608. The van der Waals surface area contributed by atoms with Crippen LogP contribution >= 0.6 is 11.3 Å². The largest absolute Gasteiger partial charge is 0.466 e. The Morgan fingerprint density at radius 3 is 2.14 bits per heavy atom. The van der Waals surface area contributed by atoms with Crippen molar-refractivity contribution in [3.63, 3.8) is 0 Å². The molecule has 3 N–H and O–H groups in total. The molecule has 0 radical (unpaired) electrons. The normalized spacial score (nSPS) is 10.1. The summed E-state index contributed by atoms with van der Waals surface area (Å²) in [5.41, 5.74) is 1.44. The second-order valence-corrected chi connectivity index (χ2v) is 6.60. The summed E-state index contributed by atoms with van der Waals surface area (Å²) in [6.45, 7) is 4.68. The number of hydrogen-bond acceptors (Lipinski definition) is 7. The standard InChI is InChI=1S/C18H20N4O5S/c1-4-27-16(25)8-15-9-28-18(21-15)22-17(26)12-5-13(19-10(2)23)7-14(6-12)20-11(3)24/h5-7,9H,4,8H2,1-3H3,(H,19,23)(H,20,24)(H,21,22,26). The van der Waals surface area contributed by atoms with Crippen LogP contribution in [0, 0.1) is 0 Å². The maximum atomic E-state index is 12.6. The van der Waals surface area contributed by atoms with E-state index in [1.54, 1.807) is 18.4 Å². The summed E-state index contributed by atoms with van der Waals surface area (Å²) in [5, 5.41) is 9.77. The lowest BCUT2D eigenvalue weighted by molar-refractivity contribution is -0.142. The van der Waals surface area contributed by atoms with Crippen LogP contribution in [0.25, 0.3) is 0 Å². The number of ether oxygens (including phenoxy) is 1. The molecule has 10 heteroatoms. The van der Waals surface area contributed by atoms with E-state index in [4.69, 9.17) is 4.74 Å². The van der Waals surface area contributed by atoms with Crippen molar-refractivity contribution in [1.82, 2.24) is 4.98 Å². The zero-order valence-electron chi connectivity index (χ0n) is 15.6. The maximum Gasteiger partial charge on any atom is 0.311 e. The summed E-state index contributed by atoms with van der Waals surface area (Å²) in [7, 11) is 0. The number of nitrogens with one attached hydrogen (secondary N) is 3. The first kappa shape index (κ1) is 21.0. The van der Waals surface area contributed by atoms with Gasteiger partial charge in [-0.25, -0.2) is 4.98 Å². The molecule has 9 nitrogen and oxygen atoms in total. The molecule has 0 atom stereocenters. The van der Waals surface area contributed by atoms with E-state index in [0.717, 1.165) is 0 Å². The molecule has 148 valence electrons. The van der Waals surface area contributed by atoms with Gasteiger partial charge in [-0.1, -0.05) is 0 Å². The van der Waals surface area contributed by atoms with Crippen molar-refractivity contribution in [2.24, 2.45) is 0 Å². The molecule has 0 aliphatic heterocycles. The lowest BCUT2D eigenvalue weighted by Crippen LogP contribution is -2.15. The number of carbonyl (C=O) groups is 4. The van der Waals surface area contributed by atoms with Gasteiger partial charge >= 0.3 is 5.97 Å². The number of carbonyl (C=O) groups excluding carboxylic acids is 4. The molecule has 0 saturated heterocycles. The second kappa shape index (κ2) is 9.60. The van der Waals surface area contributed by atoms with Gasteiger partial charge in [-0.3, -0.25) is 24.5 Å². The van der Waals surface area contributed by atoms with Gasteiger partial charge in [0.2, 0.25) is 11.8 Å². The lowest BCUT2D eigenvalue weighted by Gasteiger charge is -2.10. The molecular formula is C18H20N4O5S. The summed E-state index contributed by atoms with van der Waals surface area (Å²) in [6, 6.07) is 4.50. The number of rotatable bonds is 7. The lowest BCUT2D eigenvalue weighted by atomic mass is 10.1. The van der Waals surface area contributed by atoms with E-state index in [-0.39, 0.29) is 30.4 Å². The fourth-order valence-corrected chi connectivity index (χ4v) is 2.99. The Morgan fingerprint density at radius 1 is 1.00 bits per heavy atom. The van der Waals surface area contributed by atoms with Gasteiger partial charge in [0.1, 0.15) is 0 Å². The van der Waals surface area contributed by atoms with E-state index in [1.165, 1.54) is 37.3 Å². The van der Waals surface area contributed by atoms with E-state index >= 15 is 0 Å². The number of hydrogen-bond donors (Lipinski definition) is 3. The van der Waals surface area contributed by atoms with Crippen LogP contribution < -0.4 is 16.0 Å². The number of aromatic nitrogens is 1. The predicted octanol–water partition coefficient (Wildman–Crippen LogP) is 2.42. The number of benzene rings is 1. The predicted molar refractivity (Wildman–Crippen MR) is 105 cm³/mol. The van der Waals surface area contributed by atoms with Crippen LogP contribution in [-0.2, 0) is 25.5 Å². The van der Waals surface area contributed by atoms with Gasteiger partial charge in [0.15, 0.2) is 5.13 Å². The van der Waals surface area contributed by atoms with Crippen LogP contribution in [0.2, 0.25) is 0 Å². The Kier molecular flexibility index (Phi) is 7.21. The molecule has 0 unspecified atom stereocenters. The molecule has 3 amide bonds. The monoisotopic (exact) mass is 404 g/mol. The zero-order valence-corrected chi connectivity index (χ0v) is 16.4. The van der Waals surface area contributed by atoms with E-state index in [9.17, 15) is 19.2 Å². The number of amides is 3. The van der Waals surface area contributed by atoms with Gasteiger partial charge in [0.25, 0.3) is 5.91 Å². The minimum absolute atomic E-state index is 0.0188. The highest BCUT2D eigenvalue weighted by atomic mass is 32.1. The smallest absolute Gasteiger partial charge is 0.311 e. The molecule has 0 fully saturated rings.